The van der Waals surface area contributed by atoms with Crippen LogP contribution in [0.15, 0.2) is 17.1 Å². The van der Waals surface area contributed by atoms with Gasteiger partial charge in [-0.15, -0.1) is 0 Å². The van der Waals surface area contributed by atoms with Crippen LogP contribution < -0.4 is 5.43 Å². The molecule has 110 valence electrons. The number of amides is 1. The lowest BCUT2D eigenvalue weighted by atomic mass is 10.2. The van der Waals surface area contributed by atoms with Crippen molar-refractivity contribution in [1.29, 1.82) is 0 Å². The van der Waals surface area contributed by atoms with Gasteiger partial charge in [0.05, 0.1) is 0 Å². The number of pyridine rings is 1. The Balaban J connectivity index is 2.07. The Morgan fingerprint density at radius 2 is 2.15 bits per heavy atom. The molecule has 0 aromatic carbocycles. The van der Waals surface area contributed by atoms with Crippen LogP contribution in [0.5, 0.6) is 0 Å². The first-order valence-corrected chi connectivity index (χ1v) is 8.01. The molecular weight excluding hydrogens is 322 g/mol. The van der Waals surface area contributed by atoms with E-state index in [2.05, 4.69) is 25.8 Å². The highest BCUT2D eigenvalue weighted by atomic mass is 79.9. The number of aryl methyl sites for hydroxylation is 1. The van der Waals surface area contributed by atoms with E-state index in [-0.39, 0.29) is 16.9 Å². The van der Waals surface area contributed by atoms with Crippen LogP contribution in [0.1, 0.15) is 22.5 Å². The lowest BCUT2D eigenvalue weighted by molar-refractivity contribution is 0.0760. The van der Waals surface area contributed by atoms with Gasteiger partial charge in [0.1, 0.15) is 5.56 Å². The fraction of sp³-hybridized carbons (Fsp3) is 0.571. The third-order valence-corrected chi connectivity index (χ3v) is 3.92. The van der Waals surface area contributed by atoms with Crippen LogP contribution in [-0.2, 0) is 0 Å². The van der Waals surface area contributed by atoms with Crippen LogP contribution in [0.25, 0.3) is 0 Å². The van der Waals surface area contributed by atoms with Gasteiger partial charge in [-0.05, 0) is 19.9 Å². The van der Waals surface area contributed by atoms with Crippen molar-refractivity contribution in [3.63, 3.8) is 0 Å². The second-order valence-corrected chi connectivity index (χ2v) is 5.86. The molecule has 6 heteroatoms. The molecule has 2 rings (SSSR count). The molecule has 1 aromatic rings. The van der Waals surface area contributed by atoms with Crippen molar-refractivity contribution in [2.75, 3.05) is 38.1 Å². The van der Waals surface area contributed by atoms with Crippen molar-refractivity contribution < 1.29 is 4.79 Å². The van der Waals surface area contributed by atoms with Gasteiger partial charge in [-0.3, -0.25) is 9.59 Å². The molecule has 0 unspecified atom stereocenters. The van der Waals surface area contributed by atoms with Crippen molar-refractivity contribution in [1.82, 2.24) is 14.8 Å². The predicted molar refractivity (Wildman–Crippen MR) is 82.6 cm³/mol. The minimum atomic E-state index is -0.201. The number of nitrogens with zero attached hydrogens (tertiary/aromatic N) is 2. The third-order valence-electron chi connectivity index (χ3n) is 3.56. The largest absolute Gasteiger partial charge is 0.364 e. The number of aromatic amines is 1. The standard InChI is InChI=1S/C14H20BrN3O2/c1-11-9-13(19)12(10-16-11)14(20)18-5-2-4-17(6-3-15)7-8-18/h9-10H,2-8H2,1H3,(H,16,19). The average molecular weight is 342 g/mol. The van der Waals surface area contributed by atoms with Gasteiger partial charge in [0.25, 0.3) is 5.91 Å². The molecule has 1 saturated heterocycles. The number of halogens is 1. The molecule has 0 spiro atoms. The molecule has 2 heterocycles. The van der Waals surface area contributed by atoms with Gasteiger partial charge in [-0.25, -0.2) is 0 Å². The molecule has 0 aliphatic carbocycles. The van der Waals surface area contributed by atoms with Crippen molar-refractivity contribution in [3.05, 3.63) is 33.7 Å². The van der Waals surface area contributed by atoms with E-state index < -0.39 is 0 Å². The van der Waals surface area contributed by atoms with E-state index in [1.54, 1.807) is 11.8 Å². The van der Waals surface area contributed by atoms with E-state index in [4.69, 9.17) is 0 Å². The first kappa shape index (κ1) is 15.3. The number of nitrogens with one attached hydrogen (secondary N) is 1. The highest BCUT2D eigenvalue weighted by Gasteiger charge is 2.21. The van der Waals surface area contributed by atoms with Crippen molar-refractivity contribution in [3.8, 4) is 0 Å². The Labute approximate surface area is 127 Å². The smallest absolute Gasteiger partial charge is 0.259 e. The molecule has 1 aliphatic heterocycles. The molecule has 1 N–H and O–H groups in total. The predicted octanol–water partition coefficient (Wildman–Crippen LogP) is 1.23. The zero-order valence-corrected chi connectivity index (χ0v) is 13.3. The first-order valence-electron chi connectivity index (χ1n) is 6.88. The second-order valence-electron chi connectivity index (χ2n) is 5.07. The summed E-state index contributed by atoms with van der Waals surface area (Å²) in [6.45, 7) is 6.05. The molecule has 0 radical (unpaired) electrons. The number of alkyl halides is 1. The van der Waals surface area contributed by atoms with E-state index >= 15 is 0 Å². The summed E-state index contributed by atoms with van der Waals surface area (Å²) < 4.78 is 0. The van der Waals surface area contributed by atoms with E-state index in [0.717, 1.165) is 37.1 Å². The summed E-state index contributed by atoms with van der Waals surface area (Å²) in [5, 5.41) is 0.943. The van der Waals surface area contributed by atoms with Gasteiger partial charge in [-0.2, -0.15) is 0 Å². The van der Waals surface area contributed by atoms with Crippen molar-refractivity contribution in [2.24, 2.45) is 0 Å². The summed E-state index contributed by atoms with van der Waals surface area (Å²) in [6.07, 6.45) is 2.48. The molecule has 1 fully saturated rings. The maximum absolute atomic E-state index is 12.4. The number of H-pyrrole nitrogens is 1. The minimum Gasteiger partial charge on any atom is -0.364 e. The van der Waals surface area contributed by atoms with Crippen LogP contribution in [0.4, 0.5) is 0 Å². The SMILES string of the molecule is Cc1cc(=O)c(C(=O)N2CCCN(CCBr)CC2)c[nH]1. The topological polar surface area (TPSA) is 56.4 Å². The number of rotatable bonds is 3. The first-order chi connectivity index (χ1) is 9.61. The van der Waals surface area contributed by atoms with Gasteiger partial charge in [0.2, 0.25) is 0 Å². The fourth-order valence-corrected chi connectivity index (χ4v) is 2.93. The molecule has 1 aliphatic rings. The molecule has 0 saturated carbocycles. The quantitative estimate of drug-likeness (QED) is 0.841. The Kier molecular flexibility index (Phi) is 5.37. The number of carbonyl (C=O) groups excluding carboxylic acids is 1. The van der Waals surface area contributed by atoms with Crippen molar-refractivity contribution >= 4 is 21.8 Å². The molecule has 5 nitrogen and oxygen atoms in total. The van der Waals surface area contributed by atoms with Gasteiger partial charge in [-0.1, -0.05) is 15.9 Å². The van der Waals surface area contributed by atoms with Crippen LogP contribution in [0, 0.1) is 6.92 Å². The molecule has 0 bridgehead atoms. The Morgan fingerprint density at radius 3 is 2.85 bits per heavy atom. The maximum Gasteiger partial charge on any atom is 0.259 e. The number of carbonyl (C=O) groups is 1. The minimum absolute atomic E-state index is 0.160. The third kappa shape index (κ3) is 3.70. The monoisotopic (exact) mass is 341 g/mol. The van der Waals surface area contributed by atoms with Crippen molar-refractivity contribution in [2.45, 2.75) is 13.3 Å². The maximum atomic E-state index is 12.4. The highest BCUT2D eigenvalue weighted by Crippen LogP contribution is 2.07. The fourth-order valence-electron chi connectivity index (χ4n) is 2.43. The van der Waals surface area contributed by atoms with Crippen LogP contribution >= 0.6 is 15.9 Å². The Bertz CT molecular complexity index is 529. The van der Waals surface area contributed by atoms with Gasteiger partial charge in [0.15, 0.2) is 5.43 Å². The molecule has 1 aromatic heterocycles. The Morgan fingerprint density at radius 1 is 1.35 bits per heavy atom. The lowest BCUT2D eigenvalue weighted by Crippen LogP contribution is -2.37. The van der Waals surface area contributed by atoms with Gasteiger partial charge < -0.3 is 14.8 Å². The van der Waals surface area contributed by atoms with E-state index in [0.29, 0.717) is 13.1 Å². The summed E-state index contributed by atoms with van der Waals surface area (Å²) in [4.78, 5) is 31.4. The number of hydrogen-bond donors (Lipinski definition) is 1. The van der Waals surface area contributed by atoms with E-state index in [1.807, 2.05) is 0 Å². The zero-order chi connectivity index (χ0) is 14.5. The molecular formula is C14H20BrN3O2. The number of hydrogen-bond acceptors (Lipinski definition) is 3. The van der Waals surface area contributed by atoms with Gasteiger partial charge in [0, 0.05) is 49.5 Å². The summed E-state index contributed by atoms with van der Waals surface area (Å²) in [5.41, 5.74) is 0.809. The summed E-state index contributed by atoms with van der Waals surface area (Å²) in [5.74, 6) is -0.160. The Hall–Kier alpha value is -1.14. The molecule has 20 heavy (non-hydrogen) atoms. The van der Waals surface area contributed by atoms with E-state index in [9.17, 15) is 9.59 Å². The van der Waals surface area contributed by atoms with Gasteiger partial charge >= 0.3 is 0 Å². The van der Waals surface area contributed by atoms with E-state index in [1.165, 1.54) is 12.3 Å². The zero-order valence-electron chi connectivity index (χ0n) is 11.7. The normalized spacial score (nSPS) is 17.0. The number of aromatic nitrogens is 1. The highest BCUT2D eigenvalue weighted by molar-refractivity contribution is 9.09. The van der Waals surface area contributed by atoms with Crippen LogP contribution in [0.3, 0.4) is 0 Å². The lowest BCUT2D eigenvalue weighted by Gasteiger charge is -2.21. The molecule has 1 amide bonds. The average Bonchev–Trinajstić information content (AvgIpc) is 2.64. The van der Waals surface area contributed by atoms with Crippen LogP contribution in [-0.4, -0.2) is 58.7 Å². The summed E-state index contributed by atoms with van der Waals surface area (Å²) >= 11 is 3.44. The van der Waals surface area contributed by atoms with Crippen LogP contribution in [0.2, 0.25) is 0 Å². The second kappa shape index (κ2) is 7.04. The summed E-state index contributed by atoms with van der Waals surface area (Å²) in [7, 11) is 0. The molecule has 0 atom stereocenters. The summed E-state index contributed by atoms with van der Waals surface area (Å²) in [6, 6.07) is 1.47.